The molecule has 0 amide bonds. The Morgan fingerprint density at radius 2 is 1.03 bits per heavy atom. The lowest BCUT2D eigenvalue weighted by atomic mass is 10.1. The fourth-order valence-corrected chi connectivity index (χ4v) is 3.62. The molecule has 0 saturated carbocycles. The van der Waals surface area contributed by atoms with Crippen molar-refractivity contribution in [2.45, 2.75) is 91.3 Å². The third-order valence-corrected chi connectivity index (χ3v) is 5.05. The summed E-state index contributed by atoms with van der Waals surface area (Å²) in [4.78, 5) is 0. The van der Waals surface area contributed by atoms with E-state index in [4.69, 9.17) is 14.2 Å². The summed E-state index contributed by atoms with van der Waals surface area (Å²) in [6, 6.07) is 17.0. The highest BCUT2D eigenvalue weighted by molar-refractivity contribution is 5.29. The quantitative estimate of drug-likeness (QED) is 0.262. The van der Waals surface area contributed by atoms with Crippen LogP contribution in [0.15, 0.2) is 48.5 Å². The minimum atomic E-state index is 0.225. The molecule has 2 aromatic rings. The summed E-state index contributed by atoms with van der Waals surface area (Å²) in [7, 11) is 0. The SMILES string of the molecule is CC(C)Oc1cccc(CCCCCOCCCCCc2cccc(OC(C)C)c2)c1. The van der Waals surface area contributed by atoms with Crippen LogP contribution in [0.1, 0.15) is 77.3 Å². The molecule has 0 N–H and O–H groups in total. The van der Waals surface area contributed by atoms with Gasteiger partial charge in [-0.3, -0.25) is 0 Å². The fraction of sp³-hybridized carbons (Fsp3) is 0.571. The summed E-state index contributed by atoms with van der Waals surface area (Å²) < 4.78 is 17.4. The van der Waals surface area contributed by atoms with Crippen LogP contribution in [0.5, 0.6) is 11.5 Å². The Balaban J connectivity index is 1.45. The summed E-state index contributed by atoms with van der Waals surface area (Å²) in [6.45, 7) is 10.0. The van der Waals surface area contributed by atoms with Crippen LogP contribution in [0.3, 0.4) is 0 Å². The second-order valence-electron chi connectivity index (χ2n) is 8.86. The first kappa shape index (κ1) is 25.3. The van der Waals surface area contributed by atoms with Crippen molar-refractivity contribution in [1.29, 1.82) is 0 Å². The van der Waals surface area contributed by atoms with Crippen LogP contribution in [-0.2, 0) is 17.6 Å². The maximum atomic E-state index is 5.82. The zero-order valence-corrected chi connectivity index (χ0v) is 20.1. The number of rotatable bonds is 16. The van der Waals surface area contributed by atoms with E-state index in [1.165, 1.54) is 36.8 Å². The molecule has 0 aromatic heterocycles. The van der Waals surface area contributed by atoms with E-state index in [-0.39, 0.29) is 12.2 Å². The van der Waals surface area contributed by atoms with Crippen molar-refractivity contribution in [2.75, 3.05) is 13.2 Å². The monoisotopic (exact) mass is 426 g/mol. The predicted molar refractivity (Wildman–Crippen MR) is 130 cm³/mol. The second-order valence-corrected chi connectivity index (χ2v) is 8.86. The fourth-order valence-electron chi connectivity index (χ4n) is 3.62. The first-order valence-corrected chi connectivity index (χ1v) is 12.1. The lowest BCUT2D eigenvalue weighted by Gasteiger charge is -2.11. The molecule has 0 spiro atoms. The lowest BCUT2D eigenvalue weighted by Crippen LogP contribution is -2.05. The van der Waals surface area contributed by atoms with Gasteiger partial charge in [0.2, 0.25) is 0 Å². The van der Waals surface area contributed by atoms with Crippen molar-refractivity contribution in [3.63, 3.8) is 0 Å². The van der Waals surface area contributed by atoms with Crippen LogP contribution >= 0.6 is 0 Å². The first-order chi connectivity index (χ1) is 15.0. The van der Waals surface area contributed by atoms with Crippen molar-refractivity contribution < 1.29 is 14.2 Å². The van der Waals surface area contributed by atoms with Crippen molar-refractivity contribution in [2.24, 2.45) is 0 Å². The van der Waals surface area contributed by atoms with Gasteiger partial charge in [0.05, 0.1) is 12.2 Å². The van der Waals surface area contributed by atoms with E-state index in [1.807, 2.05) is 12.1 Å². The van der Waals surface area contributed by atoms with Crippen LogP contribution in [-0.4, -0.2) is 25.4 Å². The molecule has 2 aromatic carbocycles. The Bertz CT molecular complexity index is 662. The Kier molecular flexibility index (Phi) is 12.2. The van der Waals surface area contributed by atoms with E-state index in [2.05, 4.69) is 64.1 Å². The zero-order valence-electron chi connectivity index (χ0n) is 20.1. The van der Waals surface area contributed by atoms with Crippen molar-refractivity contribution >= 4 is 0 Å². The molecule has 0 saturated heterocycles. The second kappa shape index (κ2) is 14.9. The van der Waals surface area contributed by atoms with Crippen LogP contribution < -0.4 is 9.47 Å². The van der Waals surface area contributed by atoms with Gasteiger partial charge in [-0.1, -0.05) is 37.1 Å². The molecule has 0 heterocycles. The highest BCUT2D eigenvalue weighted by Gasteiger charge is 2.01. The zero-order chi connectivity index (χ0) is 22.3. The molecule has 31 heavy (non-hydrogen) atoms. The molecule has 0 atom stereocenters. The maximum Gasteiger partial charge on any atom is 0.119 e. The summed E-state index contributed by atoms with van der Waals surface area (Å²) >= 11 is 0. The number of aryl methyl sites for hydroxylation is 2. The number of ether oxygens (including phenoxy) is 3. The van der Waals surface area contributed by atoms with Crippen LogP contribution in [0.2, 0.25) is 0 Å². The van der Waals surface area contributed by atoms with Gasteiger partial charge in [-0.15, -0.1) is 0 Å². The summed E-state index contributed by atoms with van der Waals surface area (Å²) in [5.41, 5.74) is 2.72. The van der Waals surface area contributed by atoms with Gasteiger partial charge in [0.15, 0.2) is 0 Å². The van der Waals surface area contributed by atoms with Crippen LogP contribution in [0.25, 0.3) is 0 Å². The van der Waals surface area contributed by atoms with Crippen LogP contribution in [0, 0.1) is 0 Å². The Morgan fingerprint density at radius 1 is 0.581 bits per heavy atom. The molecule has 0 bridgehead atoms. The van der Waals surface area contributed by atoms with Gasteiger partial charge in [0, 0.05) is 13.2 Å². The molecule has 2 rings (SSSR count). The molecule has 0 unspecified atom stereocenters. The Hall–Kier alpha value is -2.00. The standard InChI is InChI=1S/C28H42O3/c1-23(2)30-27-17-11-15-25(21-27)13-7-5-9-19-29-20-10-6-8-14-26-16-12-18-28(22-26)31-24(3)4/h11-12,15-18,21-24H,5-10,13-14,19-20H2,1-4H3. The van der Waals surface area contributed by atoms with E-state index >= 15 is 0 Å². The van der Waals surface area contributed by atoms with Gasteiger partial charge in [-0.25, -0.2) is 0 Å². The Labute approximate surface area is 190 Å². The number of hydrogen-bond acceptors (Lipinski definition) is 3. The number of benzene rings is 2. The Morgan fingerprint density at radius 3 is 1.45 bits per heavy atom. The number of hydrogen-bond donors (Lipinski definition) is 0. The molecular formula is C28H42O3. The van der Waals surface area contributed by atoms with Gasteiger partial charge in [-0.2, -0.15) is 0 Å². The maximum absolute atomic E-state index is 5.82. The molecule has 172 valence electrons. The molecule has 3 nitrogen and oxygen atoms in total. The minimum Gasteiger partial charge on any atom is -0.491 e. The molecule has 0 fully saturated rings. The van der Waals surface area contributed by atoms with E-state index in [0.717, 1.165) is 50.4 Å². The van der Waals surface area contributed by atoms with Gasteiger partial charge < -0.3 is 14.2 Å². The predicted octanol–water partition coefficient (Wildman–Crippen LogP) is 7.40. The van der Waals surface area contributed by atoms with E-state index in [9.17, 15) is 0 Å². The third kappa shape index (κ3) is 11.8. The lowest BCUT2D eigenvalue weighted by molar-refractivity contribution is 0.126. The first-order valence-electron chi connectivity index (χ1n) is 12.1. The van der Waals surface area contributed by atoms with E-state index in [0.29, 0.717) is 0 Å². The third-order valence-electron chi connectivity index (χ3n) is 5.05. The van der Waals surface area contributed by atoms with Gasteiger partial charge in [0.25, 0.3) is 0 Å². The van der Waals surface area contributed by atoms with Gasteiger partial charge in [-0.05, 0) is 102 Å². The molecule has 0 aliphatic heterocycles. The van der Waals surface area contributed by atoms with Crippen molar-refractivity contribution in [3.8, 4) is 11.5 Å². The molecule has 0 aliphatic carbocycles. The normalized spacial score (nSPS) is 11.3. The highest BCUT2D eigenvalue weighted by Crippen LogP contribution is 2.18. The average Bonchev–Trinajstić information content (AvgIpc) is 2.71. The van der Waals surface area contributed by atoms with Gasteiger partial charge in [0.1, 0.15) is 11.5 Å². The average molecular weight is 427 g/mol. The number of unbranched alkanes of at least 4 members (excludes halogenated alkanes) is 4. The summed E-state index contributed by atoms with van der Waals surface area (Å²) in [5, 5.41) is 0. The molecule has 3 heteroatoms. The highest BCUT2D eigenvalue weighted by atomic mass is 16.5. The smallest absolute Gasteiger partial charge is 0.119 e. The van der Waals surface area contributed by atoms with Crippen molar-refractivity contribution in [3.05, 3.63) is 59.7 Å². The van der Waals surface area contributed by atoms with Crippen LogP contribution in [0.4, 0.5) is 0 Å². The topological polar surface area (TPSA) is 27.7 Å². The summed E-state index contributed by atoms with van der Waals surface area (Å²) in [6.07, 6.45) is 9.79. The van der Waals surface area contributed by atoms with Crippen molar-refractivity contribution in [1.82, 2.24) is 0 Å². The van der Waals surface area contributed by atoms with E-state index < -0.39 is 0 Å². The molecule has 0 radical (unpaired) electrons. The molecular weight excluding hydrogens is 384 g/mol. The largest absolute Gasteiger partial charge is 0.491 e. The van der Waals surface area contributed by atoms with E-state index in [1.54, 1.807) is 0 Å². The van der Waals surface area contributed by atoms with Gasteiger partial charge >= 0.3 is 0 Å². The minimum absolute atomic E-state index is 0.225. The molecule has 0 aliphatic rings. The summed E-state index contributed by atoms with van der Waals surface area (Å²) in [5.74, 6) is 1.96.